The molecule has 1 atom stereocenters. The molecule has 0 saturated carbocycles. The van der Waals surface area contributed by atoms with Crippen LogP contribution in [0.5, 0.6) is 0 Å². The molecule has 2 aliphatic rings. The molecule has 1 aromatic carbocycles. The molecule has 3 aromatic rings. The monoisotopic (exact) mass is 372 g/mol. The van der Waals surface area contributed by atoms with Crippen LogP contribution in [0.15, 0.2) is 64.0 Å². The lowest BCUT2D eigenvalue weighted by atomic mass is 9.82. The Morgan fingerprint density at radius 2 is 1.71 bits per heavy atom. The molecule has 138 valence electrons. The lowest BCUT2D eigenvalue weighted by molar-refractivity contribution is 0.103. The number of ketones is 1. The highest BCUT2D eigenvalue weighted by Gasteiger charge is 2.42. The van der Waals surface area contributed by atoms with E-state index in [0.29, 0.717) is 28.2 Å². The molecule has 3 heterocycles. The van der Waals surface area contributed by atoms with E-state index in [1.165, 1.54) is 11.6 Å². The summed E-state index contributed by atoms with van der Waals surface area (Å²) in [6, 6.07) is 10.9. The first-order valence-electron chi connectivity index (χ1n) is 8.86. The highest BCUT2D eigenvalue weighted by molar-refractivity contribution is 6.23. The minimum absolute atomic E-state index is 0.117. The molecule has 0 bridgehead atoms. The van der Waals surface area contributed by atoms with Gasteiger partial charge < -0.3 is 5.32 Å². The number of pyridine rings is 1. The maximum Gasteiger partial charge on any atom is 0.332 e. The molecule has 5 rings (SSSR count). The largest absolute Gasteiger partial charge is 0.340 e. The maximum absolute atomic E-state index is 13.3. The predicted octanol–water partition coefficient (Wildman–Crippen LogP) is 1.64. The molecule has 0 spiro atoms. The average molecular weight is 372 g/mol. The van der Waals surface area contributed by atoms with Crippen LogP contribution < -0.4 is 16.6 Å². The van der Waals surface area contributed by atoms with Crippen molar-refractivity contribution < 1.29 is 4.79 Å². The first kappa shape index (κ1) is 16.4. The minimum atomic E-state index is -0.606. The molecule has 0 amide bonds. The molecular weight excluding hydrogens is 356 g/mol. The van der Waals surface area contributed by atoms with Crippen LogP contribution in [0, 0.1) is 0 Å². The smallest absolute Gasteiger partial charge is 0.332 e. The Hall–Kier alpha value is -3.74. The van der Waals surface area contributed by atoms with Gasteiger partial charge in [0, 0.05) is 43.2 Å². The summed E-state index contributed by atoms with van der Waals surface area (Å²) in [6.07, 6.45) is 3.30. The number of hydrogen-bond donors (Lipinski definition) is 1. The van der Waals surface area contributed by atoms with Gasteiger partial charge in [0.1, 0.15) is 5.82 Å². The first-order chi connectivity index (χ1) is 13.5. The van der Waals surface area contributed by atoms with E-state index in [0.717, 1.165) is 15.7 Å². The van der Waals surface area contributed by atoms with Gasteiger partial charge in [-0.25, -0.2) is 4.79 Å². The Kier molecular flexibility index (Phi) is 3.30. The molecule has 0 fully saturated rings. The van der Waals surface area contributed by atoms with Crippen LogP contribution in [0.25, 0.3) is 5.70 Å². The van der Waals surface area contributed by atoms with Crippen molar-refractivity contribution in [2.45, 2.75) is 5.92 Å². The van der Waals surface area contributed by atoms with Gasteiger partial charge in [-0.3, -0.25) is 23.7 Å². The lowest BCUT2D eigenvalue weighted by Gasteiger charge is -2.29. The van der Waals surface area contributed by atoms with Gasteiger partial charge in [0.25, 0.3) is 5.56 Å². The van der Waals surface area contributed by atoms with Crippen molar-refractivity contribution >= 4 is 17.3 Å². The van der Waals surface area contributed by atoms with Gasteiger partial charge in [-0.2, -0.15) is 0 Å². The molecule has 1 aliphatic carbocycles. The number of benzene rings is 1. The number of rotatable bonds is 1. The van der Waals surface area contributed by atoms with E-state index in [1.54, 1.807) is 31.6 Å². The van der Waals surface area contributed by atoms with Gasteiger partial charge in [0.15, 0.2) is 5.78 Å². The molecule has 7 heteroatoms. The summed E-state index contributed by atoms with van der Waals surface area (Å²) in [7, 11) is 3.06. The Labute approximate surface area is 159 Å². The fraction of sp³-hybridized carbons (Fsp3) is 0.143. The van der Waals surface area contributed by atoms with E-state index in [-0.39, 0.29) is 5.78 Å². The number of hydrogen-bond acceptors (Lipinski definition) is 5. The second kappa shape index (κ2) is 5.63. The zero-order valence-corrected chi connectivity index (χ0v) is 15.3. The van der Waals surface area contributed by atoms with E-state index in [4.69, 9.17) is 0 Å². The van der Waals surface area contributed by atoms with Crippen molar-refractivity contribution in [1.82, 2.24) is 14.1 Å². The van der Waals surface area contributed by atoms with Crippen LogP contribution >= 0.6 is 0 Å². The molecule has 0 saturated heterocycles. The van der Waals surface area contributed by atoms with Gasteiger partial charge >= 0.3 is 5.69 Å². The second-order valence-electron chi connectivity index (χ2n) is 6.98. The maximum atomic E-state index is 13.3. The molecule has 1 N–H and O–H groups in total. The number of allylic oxidation sites excluding steroid dienone is 1. The van der Waals surface area contributed by atoms with E-state index >= 15 is 0 Å². The minimum Gasteiger partial charge on any atom is -0.340 e. The van der Waals surface area contributed by atoms with Crippen molar-refractivity contribution in [3.8, 4) is 0 Å². The molecule has 2 aromatic heterocycles. The number of nitrogens with zero attached hydrogens (tertiary/aromatic N) is 3. The van der Waals surface area contributed by atoms with E-state index in [9.17, 15) is 14.4 Å². The fourth-order valence-electron chi connectivity index (χ4n) is 4.14. The van der Waals surface area contributed by atoms with Gasteiger partial charge in [-0.05, 0) is 11.6 Å². The number of anilines is 1. The van der Waals surface area contributed by atoms with Crippen molar-refractivity contribution in [3.63, 3.8) is 0 Å². The Morgan fingerprint density at radius 1 is 0.964 bits per heavy atom. The average Bonchev–Trinajstić information content (AvgIpc) is 3.02. The number of nitrogens with one attached hydrogen (secondary N) is 1. The van der Waals surface area contributed by atoms with Gasteiger partial charge in [-0.15, -0.1) is 0 Å². The highest BCUT2D eigenvalue weighted by atomic mass is 16.2. The van der Waals surface area contributed by atoms with Gasteiger partial charge in [0.2, 0.25) is 0 Å². The summed E-state index contributed by atoms with van der Waals surface area (Å²) in [5.74, 6) is -0.316. The highest BCUT2D eigenvalue weighted by Crippen LogP contribution is 2.47. The van der Waals surface area contributed by atoms with Gasteiger partial charge in [0.05, 0.1) is 17.2 Å². The third-order valence-corrected chi connectivity index (χ3v) is 5.49. The summed E-state index contributed by atoms with van der Waals surface area (Å²) in [6.45, 7) is 0. The van der Waals surface area contributed by atoms with Crippen molar-refractivity contribution in [1.29, 1.82) is 0 Å². The predicted molar refractivity (Wildman–Crippen MR) is 104 cm³/mol. The number of Topliss-reactive ketones (excluding diaryl/α,β-unsaturated/α-hetero) is 1. The summed E-state index contributed by atoms with van der Waals surface area (Å²) < 4.78 is 2.48. The fourth-order valence-corrected chi connectivity index (χ4v) is 4.14. The zero-order valence-electron chi connectivity index (χ0n) is 15.3. The summed E-state index contributed by atoms with van der Waals surface area (Å²) in [5.41, 5.74) is 2.77. The van der Waals surface area contributed by atoms with Crippen LogP contribution in [0.1, 0.15) is 33.0 Å². The Bertz CT molecular complexity index is 1320. The van der Waals surface area contributed by atoms with Crippen molar-refractivity contribution in [3.05, 3.63) is 97.5 Å². The molecule has 7 nitrogen and oxygen atoms in total. The zero-order chi connectivity index (χ0) is 19.6. The third-order valence-electron chi connectivity index (χ3n) is 5.49. The normalized spacial score (nSPS) is 17.1. The number of carbonyl (C=O) groups excluding carboxylic acids is 1. The van der Waals surface area contributed by atoms with Crippen molar-refractivity contribution in [2.24, 2.45) is 14.1 Å². The Balaban J connectivity index is 1.90. The number of aromatic nitrogens is 3. The SMILES string of the molecule is Cn1c2c(c(=O)n(C)c1=O)C(c1cccnc1)C1=C(N2)c2ccccc2C1=O. The van der Waals surface area contributed by atoms with E-state index in [2.05, 4.69) is 10.3 Å². The van der Waals surface area contributed by atoms with Crippen LogP contribution in [-0.4, -0.2) is 19.9 Å². The quantitative estimate of drug-likeness (QED) is 0.702. The van der Waals surface area contributed by atoms with Crippen LogP contribution in [0.3, 0.4) is 0 Å². The number of carbonyl (C=O) groups is 1. The molecule has 28 heavy (non-hydrogen) atoms. The Morgan fingerprint density at radius 3 is 2.43 bits per heavy atom. The summed E-state index contributed by atoms with van der Waals surface area (Å²) in [5, 5.41) is 3.21. The number of fused-ring (bicyclic) bond motifs is 3. The van der Waals surface area contributed by atoms with Gasteiger partial charge in [-0.1, -0.05) is 30.3 Å². The first-order valence-corrected chi connectivity index (χ1v) is 8.86. The van der Waals surface area contributed by atoms with Crippen LogP contribution in [0.4, 0.5) is 5.82 Å². The van der Waals surface area contributed by atoms with Crippen LogP contribution in [0.2, 0.25) is 0 Å². The second-order valence-corrected chi connectivity index (χ2v) is 6.98. The topological polar surface area (TPSA) is 86.0 Å². The molecule has 1 aliphatic heterocycles. The van der Waals surface area contributed by atoms with Crippen LogP contribution in [-0.2, 0) is 14.1 Å². The lowest BCUT2D eigenvalue weighted by Crippen LogP contribution is -2.42. The standard InChI is InChI=1S/C21H16N4O3/c1-24-19-16(20(27)25(2)21(24)28)14(11-6-5-9-22-10-11)15-17(23-19)12-7-3-4-8-13(12)18(15)26/h3-10,14,23H,1-2H3. The summed E-state index contributed by atoms with van der Waals surface area (Å²) >= 11 is 0. The van der Waals surface area contributed by atoms with E-state index < -0.39 is 17.2 Å². The van der Waals surface area contributed by atoms with Crippen molar-refractivity contribution in [2.75, 3.05) is 5.32 Å². The molecule has 1 unspecified atom stereocenters. The molecular formula is C21H16N4O3. The van der Waals surface area contributed by atoms with E-state index in [1.807, 2.05) is 24.3 Å². The third kappa shape index (κ3) is 1.98. The summed E-state index contributed by atoms with van der Waals surface area (Å²) in [4.78, 5) is 43.0. The molecule has 0 radical (unpaired) electrons.